The van der Waals surface area contributed by atoms with Crippen molar-refractivity contribution in [2.75, 3.05) is 44.2 Å². The number of carbonyl (C=O) groups is 1. The number of piperazine rings is 1. The van der Waals surface area contributed by atoms with Crippen molar-refractivity contribution in [1.82, 2.24) is 9.80 Å². The first-order valence-corrected chi connectivity index (χ1v) is 12.6. The summed E-state index contributed by atoms with van der Waals surface area (Å²) in [6, 6.07) is 12.1. The van der Waals surface area contributed by atoms with Crippen LogP contribution in [0, 0.1) is 0 Å². The maximum absolute atomic E-state index is 12.0. The molecule has 1 aromatic heterocycles. The molecule has 1 aliphatic rings. The van der Waals surface area contributed by atoms with E-state index in [4.69, 9.17) is 17.3 Å². The van der Waals surface area contributed by atoms with Crippen molar-refractivity contribution in [3.63, 3.8) is 0 Å². The number of benzene rings is 1. The van der Waals surface area contributed by atoms with Gasteiger partial charge in [-0.1, -0.05) is 29.8 Å². The van der Waals surface area contributed by atoms with Crippen LogP contribution in [0.4, 0.5) is 0 Å². The average molecular weight is 456 g/mol. The summed E-state index contributed by atoms with van der Waals surface area (Å²) in [6.07, 6.45) is -0.104. The summed E-state index contributed by atoms with van der Waals surface area (Å²) in [5.41, 5.74) is 6.10. The molecule has 2 heterocycles. The van der Waals surface area contributed by atoms with Crippen LogP contribution >= 0.6 is 22.9 Å². The van der Waals surface area contributed by atoms with Gasteiger partial charge < -0.3 is 5.73 Å². The van der Waals surface area contributed by atoms with Gasteiger partial charge in [0.15, 0.2) is 9.84 Å². The zero-order valence-corrected chi connectivity index (χ0v) is 18.6. The highest BCUT2D eigenvalue weighted by atomic mass is 35.5. The van der Waals surface area contributed by atoms with Crippen molar-refractivity contribution in [2.45, 2.75) is 13.0 Å². The largest absolute Gasteiger partial charge is 0.370 e. The summed E-state index contributed by atoms with van der Waals surface area (Å²) in [7, 11) is -3.23. The van der Waals surface area contributed by atoms with Crippen molar-refractivity contribution in [3.05, 3.63) is 46.3 Å². The molecular formula is C20H26ClN3O3S2. The lowest BCUT2D eigenvalue weighted by Gasteiger charge is -2.34. The van der Waals surface area contributed by atoms with Gasteiger partial charge in [0, 0.05) is 66.0 Å². The van der Waals surface area contributed by atoms with E-state index in [0.29, 0.717) is 6.54 Å². The SMILES string of the molecule is NC(=O)CCS(=O)(=O)CCN1CCN(Cc2ccc(-c3ccccc3Cl)s2)CC1. The molecule has 1 saturated heterocycles. The first-order chi connectivity index (χ1) is 13.8. The van der Waals surface area contributed by atoms with E-state index in [1.165, 1.54) is 9.75 Å². The lowest BCUT2D eigenvalue weighted by atomic mass is 10.2. The third-order valence-corrected chi connectivity index (χ3v) is 8.09. The summed E-state index contributed by atoms with van der Waals surface area (Å²) >= 11 is 8.06. The average Bonchev–Trinajstić information content (AvgIpc) is 3.15. The van der Waals surface area contributed by atoms with Crippen LogP contribution in [0.3, 0.4) is 0 Å². The van der Waals surface area contributed by atoms with Crippen molar-refractivity contribution >= 4 is 38.7 Å². The lowest BCUT2D eigenvalue weighted by molar-refractivity contribution is -0.117. The van der Waals surface area contributed by atoms with Crippen LogP contribution in [0.1, 0.15) is 11.3 Å². The number of primary amides is 1. The standard InChI is InChI=1S/C20H26ClN3O3S2/c21-18-4-2-1-3-17(18)19-6-5-16(28-19)15-24-10-8-23(9-11-24)12-14-29(26,27)13-7-20(22)25/h1-6H,7-15H2,(H2,22,25). The summed E-state index contributed by atoms with van der Waals surface area (Å²) in [5.74, 6) is -0.658. The number of nitrogens with two attached hydrogens (primary N) is 1. The molecule has 2 N–H and O–H groups in total. The number of hydrogen-bond donors (Lipinski definition) is 1. The topological polar surface area (TPSA) is 83.7 Å². The smallest absolute Gasteiger partial charge is 0.218 e. The molecule has 0 radical (unpaired) electrons. The van der Waals surface area contributed by atoms with Crippen LogP contribution in [-0.2, 0) is 21.2 Å². The minimum atomic E-state index is -3.23. The fraction of sp³-hybridized carbons (Fsp3) is 0.450. The monoisotopic (exact) mass is 455 g/mol. The van der Waals surface area contributed by atoms with Crippen LogP contribution in [0.15, 0.2) is 36.4 Å². The number of carbonyl (C=O) groups excluding carboxylic acids is 1. The van der Waals surface area contributed by atoms with E-state index < -0.39 is 15.7 Å². The van der Waals surface area contributed by atoms with Crippen molar-refractivity contribution in [2.24, 2.45) is 5.73 Å². The molecule has 0 saturated carbocycles. The zero-order valence-electron chi connectivity index (χ0n) is 16.2. The van der Waals surface area contributed by atoms with E-state index >= 15 is 0 Å². The second-order valence-electron chi connectivity index (χ2n) is 7.23. The minimum Gasteiger partial charge on any atom is -0.370 e. The van der Waals surface area contributed by atoms with Gasteiger partial charge in [-0.15, -0.1) is 11.3 Å². The van der Waals surface area contributed by atoms with Crippen molar-refractivity contribution in [3.8, 4) is 10.4 Å². The van der Waals surface area contributed by atoms with Gasteiger partial charge in [-0.25, -0.2) is 8.42 Å². The number of sulfone groups is 1. The Balaban J connectivity index is 1.45. The predicted octanol–water partition coefficient (Wildman–Crippen LogP) is 2.48. The quantitative estimate of drug-likeness (QED) is 0.628. The molecule has 1 amide bonds. The minimum absolute atomic E-state index is 0.0758. The molecule has 6 nitrogen and oxygen atoms in total. The van der Waals surface area contributed by atoms with Gasteiger partial charge in [0.2, 0.25) is 5.91 Å². The molecule has 1 fully saturated rings. The Morgan fingerprint density at radius 2 is 1.72 bits per heavy atom. The molecule has 3 rings (SSSR count). The van der Waals surface area contributed by atoms with Crippen LogP contribution in [0.5, 0.6) is 0 Å². The van der Waals surface area contributed by atoms with E-state index in [2.05, 4.69) is 21.9 Å². The van der Waals surface area contributed by atoms with E-state index in [9.17, 15) is 13.2 Å². The Bertz CT molecular complexity index is 938. The molecule has 0 unspecified atom stereocenters. The van der Waals surface area contributed by atoms with Gasteiger partial charge in [0.25, 0.3) is 0 Å². The van der Waals surface area contributed by atoms with Crippen molar-refractivity contribution in [1.29, 1.82) is 0 Å². The summed E-state index contributed by atoms with van der Waals surface area (Å²) in [6.45, 7) is 4.88. The predicted molar refractivity (Wildman–Crippen MR) is 119 cm³/mol. The van der Waals surface area contributed by atoms with Gasteiger partial charge in [0.1, 0.15) is 0 Å². The molecule has 0 bridgehead atoms. The molecule has 0 spiro atoms. The molecular weight excluding hydrogens is 430 g/mol. The summed E-state index contributed by atoms with van der Waals surface area (Å²) in [4.78, 5) is 17.8. The van der Waals surface area contributed by atoms with Gasteiger partial charge in [-0.3, -0.25) is 14.6 Å². The highest BCUT2D eigenvalue weighted by Crippen LogP contribution is 2.33. The van der Waals surface area contributed by atoms with Gasteiger partial charge in [0.05, 0.1) is 11.5 Å². The van der Waals surface area contributed by atoms with Crippen LogP contribution in [-0.4, -0.2) is 68.4 Å². The second-order valence-corrected chi connectivity index (χ2v) is 11.1. The Morgan fingerprint density at radius 3 is 2.41 bits per heavy atom. The maximum Gasteiger partial charge on any atom is 0.218 e. The van der Waals surface area contributed by atoms with Crippen LogP contribution < -0.4 is 5.73 Å². The highest BCUT2D eigenvalue weighted by molar-refractivity contribution is 7.91. The third-order valence-electron chi connectivity index (χ3n) is 5.02. The summed E-state index contributed by atoms with van der Waals surface area (Å²) < 4.78 is 23.9. The Morgan fingerprint density at radius 1 is 1.03 bits per heavy atom. The van der Waals surface area contributed by atoms with Gasteiger partial charge in [-0.05, 0) is 18.2 Å². The molecule has 1 aliphatic heterocycles. The maximum atomic E-state index is 12.0. The fourth-order valence-electron chi connectivity index (χ4n) is 3.29. The summed E-state index contributed by atoms with van der Waals surface area (Å²) in [5, 5.41) is 0.764. The fourth-order valence-corrected chi connectivity index (χ4v) is 5.92. The van der Waals surface area contributed by atoms with Crippen molar-refractivity contribution < 1.29 is 13.2 Å². The van der Waals surface area contributed by atoms with E-state index in [-0.39, 0.29) is 17.9 Å². The van der Waals surface area contributed by atoms with E-state index in [1.807, 2.05) is 24.3 Å². The second kappa shape index (κ2) is 10.0. The normalized spacial score (nSPS) is 16.2. The van der Waals surface area contributed by atoms with Gasteiger partial charge in [-0.2, -0.15) is 0 Å². The number of rotatable bonds is 9. The molecule has 1 aromatic carbocycles. The number of halogens is 1. The number of thiophene rings is 1. The lowest BCUT2D eigenvalue weighted by Crippen LogP contribution is -2.47. The molecule has 0 atom stereocenters. The number of hydrogen-bond acceptors (Lipinski definition) is 6. The van der Waals surface area contributed by atoms with E-state index in [0.717, 1.165) is 43.3 Å². The van der Waals surface area contributed by atoms with E-state index in [1.54, 1.807) is 11.3 Å². The zero-order chi connectivity index (χ0) is 20.9. The number of amides is 1. The molecule has 158 valence electrons. The first-order valence-electron chi connectivity index (χ1n) is 9.59. The van der Waals surface area contributed by atoms with Crippen LogP contribution in [0.25, 0.3) is 10.4 Å². The Labute approximate surface area is 181 Å². The number of nitrogens with zero attached hydrogens (tertiary/aromatic N) is 2. The molecule has 29 heavy (non-hydrogen) atoms. The first kappa shape index (κ1) is 22.2. The molecule has 9 heteroatoms. The Hall–Kier alpha value is -1.45. The molecule has 2 aromatic rings. The Kier molecular flexibility index (Phi) is 7.70. The molecule has 0 aliphatic carbocycles. The van der Waals surface area contributed by atoms with Gasteiger partial charge >= 0.3 is 0 Å². The van der Waals surface area contributed by atoms with Crippen LogP contribution in [0.2, 0.25) is 5.02 Å². The highest BCUT2D eigenvalue weighted by Gasteiger charge is 2.20. The third kappa shape index (κ3) is 6.79.